The zero-order valence-electron chi connectivity index (χ0n) is 14.3. The van der Waals surface area contributed by atoms with Crippen molar-refractivity contribution in [3.8, 4) is 0 Å². The van der Waals surface area contributed by atoms with Gasteiger partial charge in [-0.25, -0.2) is 0 Å². The lowest BCUT2D eigenvalue weighted by Gasteiger charge is -2.28. The summed E-state index contributed by atoms with van der Waals surface area (Å²) in [7, 11) is 1.31. The van der Waals surface area contributed by atoms with E-state index in [1.54, 1.807) is 17.3 Å². The van der Waals surface area contributed by atoms with Crippen LogP contribution in [-0.2, 0) is 19.1 Å². The number of nitro groups is 1. The molecule has 8 nitrogen and oxygen atoms in total. The lowest BCUT2D eigenvalue weighted by molar-refractivity contribution is -0.420. The molecule has 134 valence electrons. The van der Waals surface area contributed by atoms with E-state index in [9.17, 15) is 19.7 Å². The summed E-state index contributed by atoms with van der Waals surface area (Å²) in [5.41, 5.74) is 0.0904. The van der Waals surface area contributed by atoms with E-state index in [1.807, 2.05) is 13.8 Å². The molecule has 1 unspecified atom stereocenters. The first-order valence-electron chi connectivity index (χ1n) is 7.83. The number of nitrogens with zero attached hydrogens (tertiary/aromatic N) is 2. The maximum Gasteiger partial charge on any atom is 0.307 e. The molecule has 0 bridgehead atoms. The number of esters is 1. The molecule has 2 rings (SSSR count). The van der Waals surface area contributed by atoms with Gasteiger partial charge in [0.25, 0.3) is 5.70 Å². The SMILES string of the molecule is COC(=O)CCN1C=COC(C2=C([N+](=O)[O-])C=CC(=O)C2C(C)C)=C1. The second-order valence-corrected chi connectivity index (χ2v) is 5.97. The number of hydrogen-bond acceptors (Lipinski definition) is 7. The van der Waals surface area contributed by atoms with Crippen molar-refractivity contribution in [2.24, 2.45) is 11.8 Å². The van der Waals surface area contributed by atoms with Crippen molar-refractivity contribution < 1.29 is 24.0 Å². The Kier molecular flexibility index (Phi) is 5.74. The first-order chi connectivity index (χ1) is 11.8. The number of carbonyl (C=O) groups is 2. The minimum Gasteiger partial charge on any atom is -0.469 e. The molecule has 0 N–H and O–H groups in total. The van der Waals surface area contributed by atoms with Crippen LogP contribution in [0.1, 0.15) is 20.3 Å². The quantitative estimate of drug-likeness (QED) is 0.412. The molecule has 0 saturated carbocycles. The van der Waals surface area contributed by atoms with Crippen LogP contribution in [0.15, 0.2) is 47.8 Å². The van der Waals surface area contributed by atoms with Gasteiger partial charge in [0.1, 0.15) is 6.26 Å². The predicted octanol–water partition coefficient (Wildman–Crippen LogP) is 2.14. The number of methoxy groups -OCH3 is 1. The number of allylic oxidation sites excluding steroid dienone is 3. The molecule has 0 saturated heterocycles. The highest BCUT2D eigenvalue weighted by molar-refractivity contribution is 5.96. The van der Waals surface area contributed by atoms with E-state index in [0.717, 1.165) is 0 Å². The van der Waals surface area contributed by atoms with Crippen LogP contribution in [0.25, 0.3) is 0 Å². The van der Waals surface area contributed by atoms with Crippen LogP contribution in [0.4, 0.5) is 0 Å². The summed E-state index contributed by atoms with van der Waals surface area (Å²) in [5.74, 6) is -1.13. The van der Waals surface area contributed by atoms with Crippen molar-refractivity contribution in [1.82, 2.24) is 4.90 Å². The van der Waals surface area contributed by atoms with Gasteiger partial charge in [-0.05, 0) is 12.0 Å². The van der Waals surface area contributed by atoms with Crippen LogP contribution >= 0.6 is 0 Å². The van der Waals surface area contributed by atoms with Crippen molar-refractivity contribution in [3.05, 3.63) is 58.0 Å². The molecule has 0 amide bonds. The third-order valence-corrected chi connectivity index (χ3v) is 3.96. The number of ketones is 1. The van der Waals surface area contributed by atoms with E-state index >= 15 is 0 Å². The first kappa shape index (κ1) is 18.4. The van der Waals surface area contributed by atoms with E-state index in [2.05, 4.69) is 4.74 Å². The molecule has 2 aliphatic rings. The lowest BCUT2D eigenvalue weighted by Crippen LogP contribution is -2.29. The molecular formula is C17H20N2O6. The lowest BCUT2D eigenvalue weighted by atomic mass is 9.79. The molecule has 25 heavy (non-hydrogen) atoms. The second-order valence-electron chi connectivity index (χ2n) is 5.97. The molecule has 0 aromatic carbocycles. The highest BCUT2D eigenvalue weighted by atomic mass is 16.6. The summed E-state index contributed by atoms with van der Waals surface area (Å²) in [4.78, 5) is 36.1. The third kappa shape index (κ3) is 4.14. The molecule has 1 heterocycles. The number of hydrogen-bond donors (Lipinski definition) is 0. The maximum absolute atomic E-state index is 12.3. The van der Waals surface area contributed by atoms with Crippen molar-refractivity contribution in [3.63, 3.8) is 0 Å². The molecule has 0 spiro atoms. The Labute approximate surface area is 145 Å². The summed E-state index contributed by atoms with van der Waals surface area (Å²) >= 11 is 0. The summed E-state index contributed by atoms with van der Waals surface area (Å²) in [6, 6.07) is 0. The van der Waals surface area contributed by atoms with Crippen molar-refractivity contribution in [2.45, 2.75) is 20.3 Å². The highest BCUT2D eigenvalue weighted by Gasteiger charge is 2.38. The van der Waals surface area contributed by atoms with E-state index in [-0.39, 0.29) is 41.1 Å². The average molecular weight is 348 g/mol. The Bertz CT molecular complexity index is 702. The molecule has 1 atom stereocenters. The van der Waals surface area contributed by atoms with Crippen LogP contribution < -0.4 is 0 Å². The Morgan fingerprint density at radius 3 is 2.76 bits per heavy atom. The van der Waals surface area contributed by atoms with E-state index in [1.165, 1.54) is 25.5 Å². The Hall–Kier alpha value is -2.90. The molecule has 0 aromatic rings. The molecular weight excluding hydrogens is 328 g/mol. The Balaban J connectivity index is 2.38. The second kappa shape index (κ2) is 7.78. The topological polar surface area (TPSA) is 99.0 Å². The fraction of sp³-hybridized carbons (Fsp3) is 0.412. The van der Waals surface area contributed by atoms with Gasteiger partial charge in [-0.15, -0.1) is 0 Å². The highest BCUT2D eigenvalue weighted by Crippen LogP contribution is 2.36. The standard InChI is InChI=1S/C17H20N2O6/c1-11(2)16-13(20)5-4-12(19(22)23)17(16)14-10-18(8-9-25-14)7-6-15(21)24-3/h4-5,8-11,16H,6-7H2,1-3H3. The predicted molar refractivity (Wildman–Crippen MR) is 88.1 cm³/mol. The number of rotatable bonds is 6. The minimum atomic E-state index is -0.661. The molecule has 8 heteroatoms. The van der Waals surface area contributed by atoms with Gasteiger partial charge in [0.05, 0.1) is 29.9 Å². The van der Waals surface area contributed by atoms with E-state index in [4.69, 9.17) is 4.74 Å². The van der Waals surface area contributed by atoms with Gasteiger partial charge in [-0.3, -0.25) is 19.7 Å². The summed E-state index contributed by atoms with van der Waals surface area (Å²) in [5, 5.41) is 11.4. The first-order valence-corrected chi connectivity index (χ1v) is 7.83. The summed E-state index contributed by atoms with van der Waals surface area (Å²) in [6.45, 7) is 3.98. The zero-order valence-corrected chi connectivity index (χ0v) is 14.3. The average Bonchev–Trinajstić information content (AvgIpc) is 2.58. The normalized spacial score (nSPS) is 19.8. The van der Waals surface area contributed by atoms with Crippen LogP contribution in [-0.4, -0.2) is 35.2 Å². The van der Waals surface area contributed by atoms with Crippen molar-refractivity contribution in [2.75, 3.05) is 13.7 Å². The van der Waals surface area contributed by atoms with Crippen molar-refractivity contribution >= 4 is 11.8 Å². The van der Waals surface area contributed by atoms with Gasteiger partial charge < -0.3 is 14.4 Å². The fourth-order valence-electron chi connectivity index (χ4n) is 2.76. The van der Waals surface area contributed by atoms with Gasteiger partial charge in [-0.1, -0.05) is 13.8 Å². The minimum absolute atomic E-state index is 0.138. The largest absolute Gasteiger partial charge is 0.469 e. The molecule has 0 radical (unpaired) electrons. The molecule has 0 fully saturated rings. The van der Waals surface area contributed by atoms with Crippen LogP contribution in [0.5, 0.6) is 0 Å². The van der Waals surface area contributed by atoms with E-state index < -0.39 is 10.8 Å². The smallest absolute Gasteiger partial charge is 0.307 e. The molecule has 1 aliphatic heterocycles. The number of ether oxygens (including phenoxy) is 2. The monoisotopic (exact) mass is 348 g/mol. The Morgan fingerprint density at radius 2 is 2.16 bits per heavy atom. The van der Waals surface area contributed by atoms with Gasteiger partial charge in [0, 0.05) is 25.0 Å². The fourth-order valence-corrected chi connectivity index (χ4v) is 2.76. The van der Waals surface area contributed by atoms with Crippen LogP contribution in [0.2, 0.25) is 0 Å². The van der Waals surface area contributed by atoms with E-state index in [0.29, 0.717) is 6.54 Å². The summed E-state index contributed by atoms with van der Waals surface area (Å²) < 4.78 is 10.1. The third-order valence-electron chi connectivity index (χ3n) is 3.96. The van der Waals surface area contributed by atoms with Crippen LogP contribution in [0, 0.1) is 22.0 Å². The van der Waals surface area contributed by atoms with Gasteiger partial charge in [-0.2, -0.15) is 0 Å². The molecule has 1 aliphatic carbocycles. The maximum atomic E-state index is 12.3. The van der Waals surface area contributed by atoms with Gasteiger partial charge >= 0.3 is 5.97 Å². The molecule has 0 aromatic heterocycles. The van der Waals surface area contributed by atoms with Gasteiger partial charge in [0.15, 0.2) is 11.5 Å². The van der Waals surface area contributed by atoms with Crippen molar-refractivity contribution in [1.29, 1.82) is 0 Å². The van der Waals surface area contributed by atoms with Gasteiger partial charge in [0.2, 0.25) is 0 Å². The van der Waals surface area contributed by atoms with Crippen LogP contribution in [0.3, 0.4) is 0 Å². The summed E-state index contributed by atoms with van der Waals surface area (Å²) in [6.07, 6.45) is 7.13. The number of carbonyl (C=O) groups excluding carboxylic acids is 2. The Morgan fingerprint density at radius 1 is 1.44 bits per heavy atom. The zero-order chi connectivity index (χ0) is 18.6.